The molecule has 0 saturated heterocycles. The zero-order chi connectivity index (χ0) is 16.0. The van der Waals surface area contributed by atoms with E-state index in [1.165, 1.54) is 6.92 Å². The van der Waals surface area contributed by atoms with Crippen molar-refractivity contribution in [2.75, 3.05) is 0 Å². The monoisotopic (exact) mass is 292 g/mol. The lowest BCUT2D eigenvalue weighted by molar-refractivity contribution is -0.123. The Kier molecular flexibility index (Phi) is 5.05. The van der Waals surface area contributed by atoms with E-state index in [2.05, 4.69) is 0 Å². The highest BCUT2D eigenvalue weighted by Gasteiger charge is 2.37. The van der Waals surface area contributed by atoms with Gasteiger partial charge in [0.1, 0.15) is 5.78 Å². The summed E-state index contributed by atoms with van der Waals surface area (Å²) in [6.45, 7) is 3.21. The van der Waals surface area contributed by atoms with Gasteiger partial charge in [-0.3, -0.25) is 9.59 Å². The van der Waals surface area contributed by atoms with Gasteiger partial charge in [0.15, 0.2) is 5.78 Å². The van der Waals surface area contributed by atoms with Crippen LogP contribution in [0.5, 0.6) is 0 Å². The van der Waals surface area contributed by atoms with Crippen LogP contribution in [0.2, 0.25) is 0 Å². The second-order valence-electron chi connectivity index (χ2n) is 5.60. The van der Waals surface area contributed by atoms with Crippen LogP contribution in [0.4, 0.5) is 0 Å². The Balaban J connectivity index is 2.20. The van der Waals surface area contributed by atoms with Crippen LogP contribution in [0, 0.1) is 5.41 Å². The van der Waals surface area contributed by atoms with Crippen LogP contribution in [-0.4, -0.2) is 11.6 Å². The van der Waals surface area contributed by atoms with E-state index in [1.807, 2.05) is 60.7 Å². The van der Waals surface area contributed by atoms with Crippen molar-refractivity contribution >= 4 is 17.6 Å². The van der Waals surface area contributed by atoms with Crippen molar-refractivity contribution in [1.82, 2.24) is 0 Å². The van der Waals surface area contributed by atoms with Crippen LogP contribution in [0.3, 0.4) is 0 Å². The van der Waals surface area contributed by atoms with Crippen LogP contribution in [0.15, 0.2) is 66.7 Å². The number of allylic oxidation sites excluding steroid dienone is 1. The lowest BCUT2D eigenvalue weighted by Gasteiger charge is -2.23. The van der Waals surface area contributed by atoms with Gasteiger partial charge in [-0.2, -0.15) is 0 Å². The molecule has 1 atom stereocenters. The minimum Gasteiger partial charge on any atom is -0.299 e. The number of ketones is 2. The normalized spacial score (nSPS) is 13.7. The van der Waals surface area contributed by atoms with Crippen molar-refractivity contribution in [2.24, 2.45) is 5.41 Å². The zero-order valence-corrected chi connectivity index (χ0v) is 13.0. The van der Waals surface area contributed by atoms with E-state index in [0.29, 0.717) is 12.0 Å². The topological polar surface area (TPSA) is 34.1 Å². The van der Waals surface area contributed by atoms with E-state index in [0.717, 1.165) is 5.56 Å². The predicted molar refractivity (Wildman–Crippen MR) is 89.7 cm³/mol. The molecule has 112 valence electrons. The van der Waals surface area contributed by atoms with E-state index in [1.54, 1.807) is 19.1 Å². The minimum atomic E-state index is -1.02. The molecule has 2 aromatic carbocycles. The van der Waals surface area contributed by atoms with Gasteiger partial charge in [-0.25, -0.2) is 0 Å². The summed E-state index contributed by atoms with van der Waals surface area (Å²) in [5.41, 5.74) is 0.612. The predicted octanol–water partition coefficient (Wildman–Crippen LogP) is 4.57. The fraction of sp³-hybridized carbons (Fsp3) is 0.200. The Bertz CT molecular complexity index is 671. The first-order valence-electron chi connectivity index (χ1n) is 7.36. The van der Waals surface area contributed by atoms with Crippen LogP contribution in [0.25, 0.3) is 6.08 Å². The van der Waals surface area contributed by atoms with Crippen molar-refractivity contribution < 1.29 is 9.59 Å². The molecule has 2 aromatic rings. The van der Waals surface area contributed by atoms with Gasteiger partial charge >= 0.3 is 0 Å². The first kappa shape index (κ1) is 15.9. The number of hydrogen-bond donors (Lipinski definition) is 0. The van der Waals surface area contributed by atoms with Gasteiger partial charge in [-0.1, -0.05) is 72.8 Å². The molecule has 0 spiro atoms. The summed E-state index contributed by atoms with van der Waals surface area (Å²) >= 11 is 0. The first-order valence-corrected chi connectivity index (χ1v) is 7.36. The average molecular weight is 292 g/mol. The van der Waals surface area contributed by atoms with Gasteiger partial charge in [0.25, 0.3) is 0 Å². The largest absolute Gasteiger partial charge is 0.299 e. The van der Waals surface area contributed by atoms with Crippen molar-refractivity contribution in [3.63, 3.8) is 0 Å². The van der Waals surface area contributed by atoms with Crippen molar-refractivity contribution in [3.8, 4) is 0 Å². The second kappa shape index (κ2) is 6.99. The third-order valence-corrected chi connectivity index (χ3v) is 3.95. The number of rotatable bonds is 6. The molecule has 22 heavy (non-hydrogen) atoms. The van der Waals surface area contributed by atoms with E-state index in [-0.39, 0.29) is 11.6 Å². The van der Waals surface area contributed by atoms with Crippen LogP contribution >= 0.6 is 0 Å². The molecule has 0 heterocycles. The summed E-state index contributed by atoms with van der Waals surface area (Å²) in [5.74, 6) is -0.239. The average Bonchev–Trinajstić information content (AvgIpc) is 2.55. The maximum atomic E-state index is 12.7. The summed E-state index contributed by atoms with van der Waals surface area (Å²) in [5, 5.41) is 0. The molecule has 0 radical (unpaired) electrons. The molecule has 0 N–H and O–H groups in total. The number of carbonyl (C=O) groups excluding carboxylic acids is 2. The summed E-state index contributed by atoms with van der Waals surface area (Å²) in [4.78, 5) is 24.8. The SMILES string of the molecule is CC(=O)[C@](C)(C/C=C/c1ccccc1)C(=O)c1ccccc1. The number of benzene rings is 2. The van der Waals surface area contributed by atoms with Crippen LogP contribution < -0.4 is 0 Å². The van der Waals surface area contributed by atoms with Gasteiger partial charge in [0, 0.05) is 5.56 Å². The smallest absolute Gasteiger partial charge is 0.176 e. The fourth-order valence-corrected chi connectivity index (χ4v) is 2.30. The van der Waals surface area contributed by atoms with Gasteiger partial charge in [-0.05, 0) is 25.8 Å². The Labute approximate surface area is 131 Å². The molecule has 0 aliphatic heterocycles. The van der Waals surface area contributed by atoms with Crippen molar-refractivity contribution in [2.45, 2.75) is 20.3 Å². The molecule has 2 heteroatoms. The Morgan fingerprint density at radius 1 is 0.955 bits per heavy atom. The molecule has 0 fully saturated rings. The van der Waals surface area contributed by atoms with Gasteiger partial charge in [0.05, 0.1) is 5.41 Å². The molecule has 0 bridgehead atoms. The number of hydrogen-bond acceptors (Lipinski definition) is 2. The molecule has 0 aliphatic carbocycles. The summed E-state index contributed by atoms with van der Waals surface area (Å²) in [6.07, 6.45) is 4.24. The first-order chi connectivity index (χ1) is 10.5. The second-order valence-corrected chi connectivity index (χ2v) is 5.60. The Hall–Kier alpha value is -2.48. The molecule has 0 unspecified atom stereocenters. The molecular weight excluding hydrogens is 272 g/mol. The van der Waals surface area contributed by atoms with Gasteiger partial charge in [0.2, 0.25) is 0 Å². The highest BCUT2D eigenvalue weighted by atomic mass is 16.2. The van der Waals surface area contributed by atoms with E-state index >= 15 is 0 Å². The molecule has 0 aliphatic rings. The standard InChI is InChI=1S/C20H20O2/c1-16(21)20(2,19(22)18-13-7-4-8-14-18)15-9-12-17-10-5-3-6-11-17/h3-14H,15H2,1-2H3/b12-9+/t20-/m0/s1. The maximum absolute atomic E-state index is 12.7. The molecule has 0 saturated carbocycles. The number of Topliss-reactive ketones (excluding diaryl/α,β-unsaturated/α-hetero) is 2. The number of carbonyl (C=O) groups is 2. The Morgan fingerprint density at radius 3 is 2.05 bits per heavy atom. The zero-order valence-electron chi connectivity index (χ0n) is 13.0. The quantitative estimate of drug-likeness (QED) is 0.577. The molecule has 2 rings (SSSR count). The Morgan fingerprint density at radius 2 is 1.50 bits per heavy atom. The summed E-state index contributed by atoms with van der Waals surface area (Å²) < 4.78 is 0. The molecular formula is C20H20O2. The van der Waals surface area contributed by atoms with Gasteiger partial charge < -0.3 is 0 Å². The molecule has 0 amide bonds. The molecule has 2 nitrogen and oxygen atoms in total. The summed E-state index contributed by atoms with van der Waals surface area (Å²) in [7, 11) is 0. The minimum absolute atomic E-state index is 0.112. The fourth-order valence-electron chi connectivity index (χ4n) is 2.30. The van der Waals surface area contributed by atoms with Crippen molar-refractivity contribution in [3.05, 3.63) is 77.9 Å². The van der Waals surface area contributed by atoms with Crippen molar-refractivity contribution in [1.29, 1.82) is 0 Å². The third kappa shape index (κ3) is 3.59. The van der Waals surface area contributed by atoms with Gasteiger partial charge in [-0.15, -0.1) is 0 Å². The van der Waals surface area contributed by atoms with E-state index in [9.17, 15) is 9.59 Å². The highest BCUT2D eigenvalue weighted by molar-refractivity contribution is 6.13. The lowest BCUT2D eigenvalue weighted by Crippen LogP contribution is -2.34. The van der Waals surface area contributed by atoms with E-state index < -0.39 is 5.41 Å². The highest BCUT2D eigenvalue weighted by Crippen LogP contribution is 2.29. The van der Waals surface area contributed by atoms with Crippen LogP contribution in [-0.2, 0) is 4.79 Å². The van der Waals surface area contributed by atoms with Crippen LogP contribution in [0.1, 0.15) is 36.2 Å². The van der Waals surface area contributed by atoms with E-state index in [4.69, 9.17) is 0 Å². The summed E-state index contributed by atoms with van der Waals surface area (Å²) in [6, 6.07) is 18.8. The maximum Gasteiger partial charge on any atom is 0.176 e. The lowest BCUT2D eigenvalue weighted by atomic mass is 9.76. The third-order valence-electron chi connectivity index (χ3n) is 3.95. The molecule has 0 aromatic heterocycles.